The van der Waals surface area contributed by atoms with E-state index < -0.39 is 0 Å². The molecule has 8 heteroatoms. The molecule has 2 aliphatic rings. The zero-order valence-electron chi connectivity index (χ0n) is 18.1. The molecule has 0 bridgehead atoms. The number of nitrogens with zero attached hydrogens (tertiary/aromatic N) is 4. The average Bonchev–Trinajstić information content (AvgIpc) is 2.78. The first-order valence-corrected chi connectivity index (χ1v) is 11.8. The number of piperazine rings is 1. The molecule has 7 nitrogen and oxygen atoms in total. The van der Waals surface area contributed by atoms with Crippen LogP contribution in [0.2, 0.25) is 0 Å². The fourth-order valence-electron chi connectivity index (χ4n) is 4.47. The molecule has 0 saturated carbocycles. The Labute approximate surface area is 191 Å². The largest absolute Gasteiger partial charge is 0.447 e. The molecule has 1 aromatic carbocycles. The lowest BCUT2D eigenvalue weighted by Gasteiger charge is -2.42. The number of likely N-dealkylation sites (tertiary alicyclic amines) is 1. The van der Waals surface area contributed by atoms with Crippen LogP contribution in [0.3, 0.4) is 0 Å². The van der Waals surface area contributed by atoms with E-state index in [0.29, 0.717) is 24.7 Å². The Hall–Kier alpha value is -2.19. The van der Waals surface area contributed by atoms with Crippen molar-refractivity contribution in [3.05, 3.63) is 40.5 Å². The van der Waals surface area contributed by atoms with E-state index in [2.05, 4.69) is 25.8 Å². The highest BCUT2D eigenvalue weighted by Gasteiger charge is 2.31. The molecule has 4 rings (SSSR count). The number of halogens is 1. The molecule has 2 aliphatic heterocycles. The third-order valence-corrected chi connectivity index (χ3v) is 6.72. The Balaban J connectivity index is 1.34. The number of rotatable bonds is 3. The highest BCUT2D eigenvalue weighted by molar-refractivity contribution is 9.10. The summed E-state index contributed by atoms with van der Waals surface area (Å²) in [6.07, 6.45) is 3.31. The number of piperidine rings is 1. The highest BCUT2D eigenvalue weighted by atomic mass is 79.9. The SMILES string of the molecule is CC(C)OC(=O)N1CCC(N2CCN(C(=O)c3c(Br)cnc4ccccc34)CC2)CC1. The lowest BCUT2D eigenvalue weighted by atomic mass is 10.0. The topological polar surface area (TPSA) is 66.0 Å². The van der Waals surface area contributed by atoms with Crippen molar-refractivity contribution >= 4 is 38.8 Å². The van der Waals surface area contributed by atoms with Gasteiger partial charge in [0.1, 0.15) is 0 Å². The molecule has 0 unspecified atom stereocenters. The van der Waals surface area contributed by atoms with Crippen LogP contribution in [0, 0.1) is 0 Å². The second kappa shape index (κ2) is 9.53. The number of ether oxygens (including phenoxy) is 1. The normalized spacial score (nSPS) is 18.6. The van der Waals surface area contributed by atoms with Gasteiger partial charge in [0.05, 0.1) is 17.2 Å². The van der Waals surface area contributed by atoms with Gasteiger partial charge >= 0.3 is 6.09 Å². The first-order valence-electron chi connectivity index (χ1n) is 11.0. The predicted octanol–water partition coefficient (Wildman–Crippen LogP) is 3.76. The summed E-state index contributed by atoms with van der Waals surface area (Å²) < 4.78 is 6.05. The molecule has 1 aromatic heterocycles. The number of carbonyl (C=O) groups excluding carboxylic acids is 2. The van der Waals surface area contributed by atoms with Gasteiger partial charge < -0.3 is 14.5 Å². The van der Waals surface area contributed by atoms with Crippen LogP contribution in [0.5, 0.6) is 0 Å². The van der Waals surface area contributed by atoms with E-state index in [4.69, 9.17) is 4.74 Å². The maximum Gasteiger partial charge on any atom is 0.410 e. The van der Waals surface area contributed by atoms with E-state index in [9.17, 15) is 9.59 Å². The second-order valence-corrected chi connectivity index (χ2v) is 9.33. The third kappa shape index (κ3) is 4.85. The zero-order chi connectivity index (χ0) is 22.0. The van der Waals surface area contributed by atoms with E-state index in [1.54, 1.807) is 6.20 Å². The molecule has 0 radical (unpaired) electrons. The summed E-state index contributed by atoms with van der Waals surface area (Å²) in [7, 11) is 0. The third-order valence-electron chi connectivity index (χ3n) is 6.12. The molecule has 2 fully saturated rings. The van der Waals surface area contributed by atoms with E-state index in [-0.39, 0.29) is 18.1 Å². The number of amides is 2. The second-order valence-electron chi connectivity index (χ2n) is 8.48. The molecule has 31 heavy (non-hydrogen) atoms. The summed E-state index contributed by atoms with van der Waals surface area (Å²) in [6, 6.07) is 8.21. The molecule has 166 valence electrons. The number of pyridine rings is 1. The van der Waals surface area contributed by atoms with Crippen LogP contribution in [-0.4, -0.2) is 83.1 Å². The van der Waals surface area contributed by atoms with Crippen molar-refractivity contribution in [2.75, 3.05) is 39.3 Å². The number of fused-ring (bicyclic) bond motifs is 1. The molecule has 2 amide bonds. The van der Waals surface area contributed by atoms with Crippen LogP contribution < -0.4 is 0 Å². The van der Waals surface area contributed by atoms with Gasteiger partial charge in [-0.1, -0.05) is 18.2 Å². The summed E-state index contributed by atoms with van der Waals surface area (Å²) in [4.78, 5) is 36.0. The number of para-hydroxylation sites is 1. The standard InChI is InChI=1S/C23H29BrN4O3/c1-16(2)31-23(30)28-9-7-17(8-10-28)26-11-13-27(14-12-26)22(29)21-18-5-3-4-6-20(18)25-15-19(21)24/h3-6,15-17H,7-14H2,1-2H3. The number of hydrogen-bond acceptors (Lipinski definition) is 5. The minimum atomic E-state index is -0.209. The van der Waals surface area contributed by atoms with Gasteiger partial charge in [-0.2, -0.15) is 0 Å². The minimum Gasteiger partial charge on any atom is -0.447 e. The summed E-state index contributed by atoms with van der Waals surface area (Å²) in [5.74, 6) is 0.0522. The van der Waals surface area contributed by atoms with Crippen LogP contribution in [0.4, 0.5) is 4.79 Å². The van der Waals surface area contributed by atoms with Crippen molar-refractivity contribution in [3.63, 3.8) is 0 Å². The Morgan fingerprint density at radius 1 is 1.03 bits per heavy atom. The summed E-state index contributed by atoms with van der Waals surface area (Å²) in [6.45, 7) is 8.32. The fraction of sp³-hybridized carbons (Fsp3) is 0.522. The summed E-state index contributed by atoms with van der Waals surface area (Å²) >= 11 is 3.53. The smallest absolute Gasteiger partial charge is 0.410 e. The Kier molecular flexibility index (Phi) is 6.77. The van der Waals surface area contributed by atoms with E-state index in [1.165, 1.54) is 0 Å². The molecule has 0 N–H and O–H groups in total. The van der Waals surface area contributed by atoms with Gasteiger partial charge in [0, 0.05) is 61.4 Å². The first-order chi connectivity index (χ1) is 14.9. The first kappa shape index (κ1) is 22.0. The van der Waals surface area contributed by atoms with Crippen molar-refractivity contribution in [2.45, 2.75) is 38.8 Å². The van der Waals surface area contributed by atoms with Crippen molar-refractivity contribution in [3.8, 4) is 0 Å². The van der Waals surface area contributed by atoms with Crippen molar-refractivity contribution < 1.29 is 14.3 Å². The molecular formula is C23H29BrN4O3. The lowest BCUT2D eigenvalue weighted by Crippen LogP contribution is -2.54. The van der Waals surface area contributed by atoms with Crippen LogP contribution >= 0.6 is 15.9 Å². The van der Waals surface area contributed by atoms with Gasteiger partial charge in [-0.05, 0) is 48.7 Å². The summed E-state index contributed by atoms with van der Waals surface area (Å²) in [5.41, 5.74) is 1.52. The van der Waals surface area contributed by atoms with E-state index in [1.807, 2.05) is 47.9 Å². The van der Waals surface area contributed by atoms with Gasteiger partial charge in [-0.15, -0.1) is 0 Å². The average molecular weight is 489 g/mol. The van der Waals surface area contributed by atoms with Crippen LogP contribution in [0.1, 0.15) is 37.0 Å². The number of aromatic nitrogens is 1. The van der Waals surface area contributed by atoms with E-state index >= 15 is 0 Å². The molecule has 3 heterocycles. The monoisotopic (exact) mass is 488 g/mol. The van der Waals surface area contributed by atoms with Gasteiger partial charge in [0.25, 0.3) is 5.91 Å². The fourth-order valence-corrected chi connectivity index (χ4v) is 4.96. The Bertz CT molecular complexity index is 951. The summed E-state index contributed by atoms with van der Waals surface area (Å²) in [5, 5.41) is 0.880. The van der Waals surface area contributed by atoms with Gasteiger partial charge in [-0.3, -0.25) is 14.7 Å². The van der Waals surface area contributed by atoms with Gasteiger partial charge in [0.15, 0.2) is 0 Å². The number of hydrogen-bond donors (Lipinski definition) is 0. The molecular weight excluding hydrogens is 460 g/mol. The predicted molar refractivity (Wildman–Crippen MR) is 123 cm³/mol. The zero-order valence-corrected chi connectivity index (χ0v) is 19.7. The maximum absolute atomic E-state index is 13.3. The van der Waals surface area contributed by atoms with Gasteiger partial charge in [-0.25, -0.2) is 4.79 Å². The Morgan fingerprint density at radius 3 is 2.39 bits per heavy atom. The van der Waals surface area contributed by atoms with Crippen molar-refractivity contribution in [1.82, 2.24) is 19.7 Å². The molecule has 0 spiro atoms. The molecule has 2 saturated heterocycles. The number of carbonyl (C=O) groups is 2. The van der Waals surface area contributed by atoms with Crippen molar-refractivity contribution in [2.24, 2.45) is 0 Å². The molecule has 0 aliphatic carbocycles. The lowest BCUT2D eigenvalue weighted by molar-refractivity contribution is 0.0359. The van der Waals surface area contributed by atoms with Gasteiger partial charge in [0.2, 0.25) is 0 Å². The maximum atomic E-state index is 13.3. The molecule has 0 atom stereocenters. The van der Waals surface area contributed by atoms with Crippen LogP contribution in [0.25, 0.3) is 10.9 Å². The molecule has 2 aromatic rings. The highest BCUT2D eigenvalue weighted by Crippen LogP contribution is 2.27. The number of benzene rings is 1. The Morgan fingerprint density at radius 2 is 1.71 bits per heavy atom. The van der Waals surface area contributed by atoms with E-state index in [0.717, 1.165) is 54.4 Å². The van der Waals surface area contributed by atoms with Crippen LogP contribution in [0.15, 0.2) is 34.9 Å². The minimum absolute atomic E-state index is 0.0522. The van der Waals surface area contributed by atoms with Crippen LogP contribution in [-0.2, 0) is 4.74 Å². The quantitative estimate of drug-likeness (QED) is 0.657. The van der Waals surface area contributed by atoms with Crippen molar-refractivity contribution in [1.29, 1.82) is 0 Å².